The molecule has 20 heavy (non-hydrogen) atoms. The Bertz CT molecular complexity index is 502. The molecule has 0 saturated carbocycles. The maximum atomic E-state index is 12.2. The molecule has 3 N–H and O–H groups in total. The van der Waals surface area contributed by atoms with E-state index < -0.39 is 11.9 Å². The lowest BCUT2D eigenvalue weighted by Gasteiger charge is -2.23. The summed E-state index contributed by atoms with van der Waals surface area (Å²) in [5.41, 5.74) is 0. The summed E-state index contributed by atoms with van der Waals surface area (Å²) in [6.07, 6.45) is 6.37. The molecule has 2 aliphatic heterocycles. The van der Waals surface area contributed by atoms with Crippen molar-refractivity contribution in [2.75, 3.05) is 6.54 Å². The SMILES string of the molecule is O=C(O)C1CC2CCC1N2C(=O)NCCc1ncc[nH]1. The summed E-state index contributed by atoms with van der Waals surface area (Å²) in [5, 5.41) is 12.0. The maximum Gasteiger partial charge on any atom is 0.317 e. The van der Waals surface area contributed by atoms with Crippen LogP contribution < -0.4 is 5.32 Å². The third-order valence-corrected chi connectivity index (χ3v) is 4.28. The fourth-order valence-electron chi connectivity index (χ4n) is 3.38. The first-order chi connectivity index (χ1) is 9.66. The molecule has 2 aliphatic rings. The van der Waals surface area contributed by atoms with Gasteiger partial charge in [-0.3, -0.25) is 4.79 Å². The number of aromatic amines is 1. The van der Waals surface area contributed by atoms with Crippen LogP contribution >= 0.6 is 0 Å². The van der Waals surface area contributed by atoms with Crippen molar-refractivity contribution in [1.82, 2.24) is 20.2 Å². The molecule has 0 aliphatic carbocycles. The lowest BCUT2D eigenvalue weighted by Crippen LogP contribution is -2.44. The highest BCUT2D eigenvalue weighted by atomic mass is 16.4. The average molecular weight is 278 g/mol. The Labute approximate surface area is 116 Å². The van der Waals surface area contributed by atoms with Crippen molar-refractivity contribution in [3.8, 4) is 0 Å². The Morgan fingerprint density at radius 3 is 3.00 bits per heavy atom. The minimum atomic E-state index is -0.786. The summed E-state index contributed by atoms with van der Waals surface area (Å²) < 4.78 is 0. The van der Waals surface area contributed by atoms with Gasteiger partial charge < -0.3 is 20.3 Å². The van der Waals surface area contributed by atoms with Crippen LogP contribution in [0.4, 0.5) is 4.79 Å². The van der Waals surface area contributed by atoms with E-state index in [1.165, 1.54) is 0 Å². The zero-order valence-corrected chi connectivity index (χ0v) is 11.1. The molecular formula is C13H18N4O3. The molecule has 3 rings (SSSR count). The fraction of sp³-hybridized carbons (Fsp3) is 0.615. The van der Waals surface area contributed by atoms with E-state index >= 15 is 0 Å². The minimum absolute atomic E-state index is 0.0877. The first-order valence-corrected chi connectivity index (χ1v) is 6.94. The highest BCUT2D eigenvalue weighted by Gasteiger charge is 2.51. The number of H-pyrrole nitrogens is 1. The number of carbonyl (C=O) groups excluding carboxylic acids is 1. The van der Waals surface area contributed by atoms with E-state index in [1.807, 2.05) is 0 Å². The van der Waals surface area contributed by atoms with E-state index in [2.05, 4.69) is 15.3 Å². The quantitative estimate of drug-likeness (QED) is 0.751. The summed E-state index contributed by atoms with van der Waals surface area (Å²) >= 11 is 0. The molecule has 2 bridgehead atoms. The summed E-state index contributed by atoms with van der Waals surface area (Å²) in [5.74, 6) is -0.353. The molecule has 1 aromatic heterocycles. The predicted molar refractivity (Wildman–Crippen MR) is 70.1 cm³/mol. The second kappa shape index (κ2) is 5.15. The number of carboxylic acids is 1. The number of hydrogen-bond donors (Lipinski definition) is 3. The number of rotatable bonds is 4. The third kappa shape index (κ3) is 2.23. The summed E-state index contributed by atoms with van der Waals surface area (Å²) in [6.45, 7) is 0.500. The highest BCUT2D eigenvalue weighted by Crippen LogP contribution is 2.41. The topological polar surface area (TPSA) is 98.3 Å². The molecule has 3 heterocycles. The van der Waals surface area contributed by atoms with Crippen molar-refractivity contribution in [1.29, 1.82) is 0 Å². The molecule has 3 unspecified atom stereocenters. The van der Waals surface area contributed by atoms with E-state index in [1.54, 1.807) is 17.3 Å². The molecule has 2 amide bonds. The van der Waals surface area contributed by atoms with E-state index in [0.717, 1.165) is 18.7 Å². The molecule has 7 nitrogen and oxygen atoms in total. The first-order valence-electron chi connectivity index (χ1n) is 6.94. The zero-order valence-electron chi connectivity index (χ0n) is 11.1. The summed E-state index contributed by atoms with van der Waals surface area (Å²) in [4.78, 5) is 32.2. The monoisotopic (exact) mass is 278 g/mol. The van der Waals surface area contributed by atoms with Crippen LogP contribution in [0, 0.1) is 5.92 Å². The van der Waals surface area contributed by atoms with E-state index in [9.17, 15) is 9.59 Å². The number of nitrogens with one attached hydrogen (secondary N) is 2. The molecule has 1 aromatic rings. The number of aliphatic carboxylic acids is 1. The Balaban J connectivity index is 1.54. The van der Waals surface area contributed by atoms with Crippen LogP contribution in [-0.2, 0) is 11.2 Å². The van der Waals surface area contributed by atoms with Gasteiger partial charge in [-0.15, -0.1) is 0 Å². The normalized spacial score (nSPS) is 27.8. The molecule has 108 valence electrons. The molecule has 2 saturated heterocycles. The van der Waals surface area contributed by atoms with Gasteiger partial charge in [0.2, 0.25) is 0 Å². The number of fused-ring (bicyclic) bond motifs is 2. The van der Waals surface area contributed by atoms with Gasteiger partial charge in [0.15, 0.2) is 0 Å². The first kappa shape index (κ1) is 13.0. The van der Waals surface area contributed by atoms with E-state index in [4.69, 9.17) is 5.11 Å². The van der Waals surface area contributed by atoms with Crippen LogP contribution in [0.25, 0.3) is 0 Å². The molecule has 3 atom stereocenters. The van der Waals surface area contributed by atoms with Gasteiger partial charge in [-0.1, -0.05) is 0 Å². The molecule has 7 heteroatoms. The maximum absolute atomic E-state index is 12.2. The molecule has 0 radical (unpaired) electrons. The Morgan fingerprint density at radius 2 is 2.35 bits per heavy atom. The van der Waals surface area contributed by atoms with Crippen LogP contribution in [0.5, 0.6) is 0 Å². The van der Waals surface area contributed by atoms with Crippen LogP contribution in [0.1, 0.15) is 25.1 Å². The summed E-state index contributed by atoms with van der Waals surface area (Å²) in [7, 11) is 0. The fourth-order valence-corrected chi connectivity index (χ4v) is 3.38. The highest BCUT2D eigenvalue weighted by molar-refractivity contribution is 5.79. The number of imidazole rings is 1. The minimum Gasteiger partial charge on any atom is -0.481 e. The van der Waals surface area contributed by atoms with Crippen molar-refractivity contribution in [3.05, 3.63) is 18.2 Å². The number of amides is 2. The van der Waals surface area contributed by atoms with Crippen LogP contribution in [0.15, 0.2) is 12.4 Å². The van der Waals surface area contributed by atoms with Crippen LogP contribution in [0.3, 0.4) is 0 Å². The van der Waals surface area contributed by atoms with Gasteiger partial charge in [-0.25, -0.2) is 9.78 Å². The number of aromatic nitrogens is 2. The van der Waals surface area contributed by atoms with E-state index in [0.29, 0.717) is 19.4 Å². The Hall–Kier alpha value is -2.05. The second-order valence-electron chi connectivity index (χ2n) is 5.40. The van der Waals surface area contributed by atoms with Crippen LogP contribution in [-0.4, -0.2) is 50.6 Å². The standard InChI is InChI=1S/C13H18N4O3/c18-12(19)9-7-8-1-2-10(9)17(8)13(20)16-4-3-11-14-5-6-15-11/h5-6,8-10H,1-4,7H2,(H,14,15)(H,16,20)(H,18,19). The molecule has 2 fully saturated rings. The van der Waals surface area contributed by atoms with Gasteiger partial charge in [0.1, 0.15) is 5.82 Å². The Morgan fingerprint density at radius 1 is 1.50 bits per heavy atom. The van der Waals surface area contributed by atoms with Crippen molar-refractivity contribution in [2.45, 2.75) is 37.8 Å². The van der Waals surface area contributed by atoms with Gasteiger partial charge >= 0.3 is 12.0 Å². The van der Waals surface area contributed by atoms with Gasteiger partial charge in [-0.2, -0.15) is 0 Å². The third-order valence-electron chi connectivity index (χ3n) is 4.28. The van der Waals surface area contributed by atoms with Gasteiger partial charge in [0.05, 0.1) is 5.92 Å². The smallest absolute Gasteiger partial charge is 0.317 e. The van der Waals surface area contributed by atoms with Gasteiger partial charge in [-0.05, 0) is 19.3 Å². The number of carboxylic acid groups (broad SMARTS) is 1. The largest absolute Gasteiger partial charge is 0.481 e. The van der Waals surface area contributed by atoms with Crippen molar-refractivity contribution < 1.29 is 14.7 Å². The predicted octanol–water partition coefficient (Wildman–Crippen LogP) is 0.599. The number of urea groups is 1. The zero-order chi connectivity index (χ0) is 14.1. The molecule has 0 aromatic carbocycles. The summed E-state index contributed by atoms with van der Waals surface area (Å²) in [6, 6.07) is -0.196. The lowest BCUT2D eigenvalue weighted by atomic mass is 9.89. The molecular weight excluding hydrogens is 260 g/mol. The molecule has 0 spiro atoms. The van der Waals surface area contributed by atoms with Crippen molar-refractivity contribution >= 4 is 12.0 Å². The number of carbonyl (C=O) groups is 2. The Kier molecular flexibility index (Phi) is 3.33. The number of hydrogen-bond acceptors (Lipinski definition) is 3. The van der Waals surface area contributed by atoms with E-state index in [-0.39, 0.29) is 18.1 Å². The second-order valence-corrected chi connectivity index (χ2v) is 5.40. The average Bonchev–Trinajstić information content (AvgIpc) is 3.13. The van der Waals surface area contributed by atoms with Gasteiger partial charge in [0, 0.05) is 37.4 Å². The van der Waals surface area contributed by atoms with Crippen LogP contribution in [0.2, 0.25) is 0 Å². The van der Waals surface area contributed by atoms with Gasteiger partial charge in [0.25, 0.3) is 0 Å². The number of nitrogens with zero attached hydrogens (tertiary/aromatic N) is 2. The van der Waals surface area contributed by atoms with Crippen molar-refractivity contribution in [2.24, 2.45) is 5.92 Å². The van der Waals surface area contributed by atoms with Crippen molar-refractivity contribution in [3.63, 3.8) is 0 Å². The lowest BCUT2D eigenvalue weighted by molar-refractivity contribution is -0.142.